The Morgan fingerprint density at radius 1 is 1.06 bits per heavy atom. The summed E-state index contributed by atoms with van der Waals surface area (Å²) >= 11 is 1.42. The van der Waals surface area contributed by atoms with Crippen molar-refractivity contribution in [3.05, 3.63) is 53.9 Å². The molecule has 0 amide bonds. The maximum atomic E-state index is 5.43. The lowest BCUT2D eigenvalue weighted by Gasteiger charge is -2.07. The van der Waals surface area contributed by atoms with Gasteiger partial charge in [-0.1, -0.05) is 42.4 Å². The van der Waals surface area contributed by atoms with Crippen LogP contribution in [0.25, 0.3) is 17.1 Å². The SMILES string of the molecule is CCCCc1ccc(-n2nnnc2SCc2nc(-c3ccc(OC)cc3OC)no2)cc1. The van der Waals surface area contributed by atoms with Crippen molar-refractivity contribution in [3.63, 3.8) is 0 Å². The van der Waals surface area contributed by atoms with Crippen LogP contribution in [0.1, 0.15) is 31.2 Å². The summed E-state index contributed by atoms with van der Waals surface area (Å²) in [6.45, 7) is 2.19. The molecule has 0 spiro atoms. The Balaban J connectivity index is 1.45. The Labute approximate surface area is 190 Å². The first-order valence-electron chi connectivity index (χ1n) is 10.3. The summed E-state index contributed by atoms with van der Waals surface area (Å²) in [7, 11) is 3.19. The third kappa shape index (κ3) is 4.91. The Kier molecular flexibility index (Phi) is 7.00. The Morgan fingerprint density at radius 3 is 2.66 bits per heavy atom. The van der Waals surface area contributed by atoms with Gasteiger partial charge in [0.25, 0.3) is 0 Å². The highest BCUT2D eigenvalue weighted by Gasteiger charge is 2.16. The summed E-state index contributed by atoms with van der Waals surface area (Å²) in [6.07, 6.45) is 3.44. The van der Waals surface area contributed by atoms with Crippen LogP contribution in [0.3, 0.4) is 0 Å². The number of aromatic nitrogens is 6. The first-order chi connectivity index (χ1) is 15.7. The van der Waals surface area contributed by atoms with E-state index in [4.69, 9.17) is 14.0 Å². The minimum absolute atomic E-state index is 0.431. The maximum Gasteiger partial charge on any atom is 0.237 e. The smallest absolute Gasteiger partial charge is 0.237 e. The molecule has 0 saturated heterocycles. The fraction of sp³-hybridized carbons (Fsp3) is 0.318. The second kappa shape index (κ2) is 10.3. The van der Waals surface area contributed by atoms with Crippen LogP contribution in [0.15, 0.2) is 52.1 Å². The van der Waals surface area contributed by atoms with Crippen LogP contribution >= 0.6 is 11.8 Å². The van der Waals surface area contributed by atoms with Gasteiger partial charge < -0.3 is 14.0 Å². The molecule has 0 bridgehead atoms. The molecule has 0 saturated carbocycles. The number of rotatable bonds is 10. The van der Waals surface area contributed by atoms with Crippen molar-refractivity contribution >= 4 is 11.8 Å². The zero-order valence-corrected chi connectivity index (χ0v) is 19.0. The molecule has 0 unspecified atom stereocenters. The third-order valence-corrected chi connectivity index (χ3v) is 5.79. The summed E-state index contributed by atoms with van der Waals surface area (Å²) in [6, 6.07) is 13.7. The Bertz CT molecular complexity index is 1160. The molecule has 0 aliphatic carbocycles. The number of tetrazole rings is 1. The van der Waals surface area contributed by atoms with Crippen molar-refractivity contribution in [1.29, 1.82) is 0 Å². The van der Waals surface area contributed by atoms with E-state index >= 15 is 0 Å². The second-order valence-corrected chi connectivity index (χ2v) is 7.95. The van der Waals surface area contributed by atoms with Gasteiger partial charge in [0.1, 0.15) is 11.5 Å². The minimum atomic E-state index is 0.431. The lowest BCUT2D eigenvalue weighted by Crippen LogP contribution is -1.99. The molecule has 0 aliphatic heterocycles. The van der Waals surface area contributed by atoms with E-state index in [0.717, 1.165) is 17.7 Å². The monoisotopic (exact) mass is 452 g/mol. The maximum absolute atomic E-state index is 5.43. The number of unbranched alkanes of at least 4 members (excludes halogenated alkanes) is 1. The molecule has 4 rings (SSSR count). The molecular formula is C22H24N6O3S. The molecule has 0 N–H and O–H groups in total. The number of nitrogens with zero attached hydrogens (tertiary/aromatic N) is 6. The van der Waals surface area contributed by atoms with Gasteiger partial charge in [-0.15, -0.1) is 5.10 Å². The zero-order valence-electron chi connectivity index (χ0n) is 18.2. The summed E-state index contributed by atoms with van der Waals surface area (Å²) in [5, 5.41) is 16.8. The number of aryl methyl sites for hydroxylation is 1. The van der Waals surface area contributed by atoms with E-state index in [1.165, 1.54) is 30.2 Å². The van der Waals surface area contributed by atoms with E-state index in [0.29, 0.717) is 34.1 Å². The van der Waals surface area contributed by atoms with Crippen LogP contribution < -0.4 is 9.47 Å². The number of hydrogen-bond donors (Lipinski definition) is 0. The Morgan fingerprint density at radius 2 is 1.91 bits per heavy atom. The standard InChI is InChI=1S/C22H24N6O3S/c1-4-5-6-15-7-9-16(10-8-15)28-22(24-26-27-28)32-14-20-23-21(25-31-20)18-12-11-17(29-2)13-19(18)30-3/h7-13H,4-6,14H2,1-3H3. The number of hydrogen-bond acceptors (Lipinski definition) is 9. The fourth-order valence-electron chi connectivity index (χ4n) is 3.15. The summed E-state index contributed by atoms with van der Waals surface area (Å²) in [4.78, 5) is 4.49. The zero-order chi connectivity index (χ0) is 22.3. The van der Waals surface area contributed by atoms with Gasteiger partial charge in [-0.05, 0) is 53.1 Å². The van der Waals surface area contributed by atoms with Gasteiger partial charge in [0.05, 0.1) is 31.2 Å². The van der Waals surface area contributed by atoms with Crippen LogP contribution in [-0.2, 0) is 12.2 Å². The molecule has 0 fully saturated rings. The van der Waals surface area contributed by atoms with Gasteiger partial charge in [-0.3, -0.25) is 0 Å². The fourth-order valence-corrected chi connectivity index (χ4v) is 3.88. The molecule has 32 heavy (non-hydrogen) atoms. The van der Waals surface area contributed by atoms with Crippen LogP contribution in [0, 0.1) is 0 Å². The molecule has 0 atom stereocenters. The first kappa shape index (κ1) is 21.8. The summed E-state index contributed by atoms with van der Waals surface area (Å²) in [5.41, 5.74) is 2.94. The highest BCUT2D eigenvalue weighted by molar-refractivity contribution is 7.98. The van der Waals surface area contributed by atoms with E-state index in [1.807, 2.05) is 24.3 Å². The van der Waals surface area contributed by atoms with E-state index in [9.17, 15) is 0 Å². The minimum Gasteiger partial charge on any atom is -0.497 e. The van der Waals surface area contributed by atoms with E-state index < -0.39 is 0 Å². The van der Waals surface area contributed by atoms with Gasteiger partial charge in [0.2, 0.25) is 16.9 Å². The second-order valence-electron chi connectivity index (χ2n) is 7.01. The number of benzene rings is 2. The topological polar surface area (TPSA) is 101 Å². The quantitative estimate of drug-likeness (QED) is 0.325. The van der Waals surface area contributed by atoms with Gasteiger partial charge >= 0.3 is 0 Å². The van der Waals surface area contributed by atoms with Crippen LogP contribution in [-0.4, -0.2) is 44.6 Å². The molecule has 2 aromatic carbocycles. The van der Waals surface area contributed by atoms with Gasteiger partial charge in [0.15, 0.2) is 0 Å². The molecule has 2 heterocycles. The highest BCUT2D eigenvalue weighted by Crippen LogP contribution is 2.32. The molecule has 10 heteroatoms. The van der Waals surface area contributed by atoms with E-state index in [-0.39, 0.29) is 0 Å². The van der Waals surface area contributed by atoms with Crippen LogP contribution in [0.5, 0.6) is 11.5 Å². The van der Waals surface area contributed by atoms with Crippen molar-refractivity contribution in [3.8, 4) is 28.6 Å². The van der Waals surface area contributed by atoms with Crippen LogP contribution in [0.2, 0.25) is 0 Å². The third-order valence-electron chi connectivity index (χ3n) is 4.88. The molecular weight excluding hydrogens is 428 g/mol. The summed E-state index contributed by atoms with van der Waals surface area (Å²) < 4.78 is 17.8. The van der Waals surface area contributed by atoms with Crippen molar-refractivity contribution in [2.45, 2.75) is 37.1 Å². The molecule has 0 radical (unpaired) electrons. The number of methoxy groups -OCH3 is 2. The number of ether oxygens (including phenoxy) is 2. The molecule has 166 valence electrons. The van der Waals surface area contributed by atoms with Crippen molar-refractivity contribution in [2.24, 2.45) is 0 Å². The van der Waals surface area contributed by atoms with E-state index in [2.05, 4.69) is 44.7 Å². The largest absolute Gasteiger partial charge is 0.497 e. The lowest BCUT2D eigenvalue weighted by atomic mass is 10.1. The van der Waals surface area contributed by atoms with Gasteiger partial charge in [-0.2, -0.15) is 9.67 Å². The normalized spacial score (nSPS) is 11.0. The Hall–Kier alpha value is -3.40. The predicted octanol–water partition coefficient (Wildman–Crippen LogP) is 4.36. The van der Waals surface area contributed by atoms with Crippen molar-refractivity contribution in [2.75, 3.05) is 14.2 Å². The summed E-state index contributed by atoms with van der Waals surface area (Å²) in [5.74, 6) is 2.64. The van der Waals surface area contributed by atoms with Gasteiger partial charge in [0, 0.05) is 6.07 Å². The van der Waals surface area contributed by atoms with E-state index in [1.54, 1.807) is 25.0 Å². The highest BCUT2D eigenvalue weighted by atomic mass is 32.2. The van der Waals surface area contributed by atoms with Crippen LogP contribution in [0.4, 0.5) is 0 Å². The molecule has 2 aromatic heterocycles. The first-order valence-corrected chi connectivity index (χ1v) is 11.3. The van der Waals surface area contributed by atoms with Crippen molar-refractivity contribution < 1.29 is 14.0 Å². The van der Waals surface area contributed by atoms with Crippen molar-refractivity contribution in [1.82, 2.24) is 30.3 Å². The average Bonchev–Trinajstić information content (AvgIpc) is 3.51. The molecule has 9 nitrogen and oxygen atoms in total. The number of thioether (sulfide) groups is 1. The van der Waals surface area contributed by atoms with Gasteiger partial charge in [-0.25, -0.2) is 0 Å². The average molecular weight is 453 g/mol. The molecule has 4 aromatic rings. The molecule has 0 aliphatic rings. The predicted molar refractivity (Wildman–Crippen MR) is 120 cm³/mol. The lowest BCUT2D eigenvalue weighted by molar-refractivity contribution is 0.388.